The predicted octanol–water partition coefficient (Wildman–Crippen LogP) is 3.36. The van der Waals surface area contributed by atoms with E-state index in [-0.39, 0.29) is 17.5 Å². The molecule has 7 heteroatoms. The van der Waals surface area contributed by atoms with E-state index in [9.17, 15) is 18.0 Å². The molecule has 0 aliphatic carbocycles. The zero-order valence-corrected chi connectivity index (χ0v) is 12.7. The van der Waals surface area contributed by atoms with E-state index < -0.39 is 11.7 Å². The fraction of sp³-hybridized carbons (Fsp3) is 0.533. The Morgan fingerprint density at radius 3 is 2.64 bits per heavy atom. The largest absolute Gasteiger partial charge is 0.417 e. The summed E-state index contributed by atoms with van der Waals surface area (Å²) in [5, 5.41) is 5.56. The van der Waals surface area contributed by atoms with E-state index in [0.717, 1.165) is 32.0 Å². The zero-order chi connectivity index (χ0) is 16.2. The van der Waals surface area contributed by atoms with Crippen LogP contribution in [0.25, 0.3) is 0 Å². The third-order valence-corrected chi connectivity index (χ3v) is 4.09. The molecule has 0 aromatic heterocycles. The van der Waals surface area contributed by atoms with Gasteiger partial charge in [-0.15, -0.1) is 0 Å². The minimum atomic E-state index is -4.49. The second-order valence-corrected chi connectivity index (χ2v) is 5.89. The van der Waals surface area contributed by atoms with Gasteiger partial charge in [0.2, 0.25) is 5.91 Å². The summed E-state index contributed by atoms with van der Waals surface area (Å²) in [4.78, 5) is 11.9. The number of halogens is 4. The Labute approximate surface area is 132 Å². The quantitative estimate of drug-likeness (QED) is 0.886. The average Bonchev–Trinajstić information content (AvgIpc) is 2.46. The van der Waals surface area contributed by atoms with Crippen molar-refractivity contribution in [2.45, 2.75) is 32.0 Å². The molecule has 3 nitrogen and oxygen atoms in total. The first kappa shape index (κ1) is 17.1. The Bertz CT molecular complexity index is 528. The maximum absolute atomic E-state index is 12.8. The molecular formula is C15H18ClF3N2O. The molecule has 1 aromatic carbocycles. The molecular weight excluding hydrogens is 317 g/mol. The van der Waals surface area contributed by atoms with E-state index in [1.165, 1.54) is 12.1 Å². The lowest BCUT2D eigenvalue weighted by molar-refractivity contribution is -0.137. The Morgan fingerprint density at radius 2 is 2.00 bits per heavy atom. The Hall–Kier alpha value is -1.27. The number of alkyl halides is 3. The standard InChI is InChI=1S/C15H18ClF3N2O/c16-13-2-1-11(7-12(13)15(17,18)19)9-21-14(22)8-10-3-5-20-6-4-10/h1-2,7,10,20H,3-6,8-9H2,(H,21,22). The molecule has 1 amide bonds. The van der Waals surface area contributed by atoms with Crippen molar-refractivity contribution in [3.63, 3.8) is 0 Å². The first-order chi connectivity index (χ1) is 10.4. The van der Waals surface area contributed by atoms with Crippen LogP contribution in [0.3, 0.4) is 0 Å². The van der Waals surface area contributed by atoms with Crippen LogP contribution in [0.4, 0.5) is 13.2 Å². The van der Waals surface area contributed by atoms with Gasteiger partial charge in [-0.25, -0.2) is 0 Å². The van der Waals surface area contributed by atoms with Crippen LogP contribution in [-0.4, -0.2) is 19.0 Å². The molecule has 1 heterocycles. The number of hydrogen-bond acceptors (Lipinski definition) is 2. The second kappa shape index (κ2) is 7.33. The molecule has 1 aliphatic rings. The lowest BCUT2D eigenvalue weighted by Gasteiger charge is -2.22. The second-order valence-electron chi connectivity index (χ2n) is 5.49. The van der Waals surface area contributed by atoms with Crippen LogP contribution in [0.1, 0.15) is 30.4 Å². The van der Waals surface area contributed by atoms with Crippen molar-refractivity contribution in [3.05, 3.63) is 34.3 Å². The van der Waals surface area contributed by atoms with Gasteiger partial charge in [0.1, 0.15) is 0 Å². The number of carbonyl (C=O) groups is 1. The van der Waals surface area contributed by atoms with Crippen LogP contribution in [0.15, 0.2) is 18.2 Å². The summed E-state index contributed by atoms with van der Waals surface area (Å²) in [6.07, 6.45) is -2.17. The molecule has 0 radical (unpaired) electrons. The number of amides is 1. The molecule has 1 aliphatic heterocycles. The lowest BCUT2D eigenvalue weighted by Crippen LogP contribution is -2.32. The van der Waals surface area contributed by atoms with E-state index >= 15 is 0 Å². The van der Waals surface area contributed by atoms with Crippen LogP contribution >= 0.6 is 11.6 Å². The van der Waals surface area contributed by atoms with E-state index in [1.54, 1.807) is 0 Å². The van der Waals surface area contributed by atoms with Crippen molar-refractivity contribution >= 4 is 17.5 Å². The van der Waals surface area contributed by atoms with E-state index in [1.807, 2.05) is 0 Å². The number of rotatable bonds is 4. The van der Waals surface area contributed by atoms with Gasteiger partial charge in [-0.05, 0) is 49.5 Å². The van der Waals surface area contributed by atoms with Gasteiger partial charge in [-0.3, -0.25) is 4.79 Å². The van der Waals surface area contributed by atoms with Gasteiger partial charge in [0, 0.05) is 13.0 Å². The Balaban J connectivity index is 1.89. The SMILES string of the molecule is O=C(CC1CCNCC1)NCc1ccc(Cl)c(C(F)(F)F)c1. The molecule has 0 spiro atoms. The van der Waals surface area contributed by atoms with E-state index in [0.29, 0.717) is 17.9 Å². The van der Waals surface area contributed by atoms with Gasteiger partial charge >= 0.3 is 6.18 Å². The molecule has 0 bridgehead atoms. The Morgan fingerprint density at radius 1 is 1.32 bits per heavy atom. The summed E-state index contributed by atoms with van der Waals surface area (Å²) >= 11 is 5.56. The molecule has 2 rings (SSSR count). The zero-order valence-electron chi connectivity index (χ0n) is 12.0. The number of benzene rings is 1. The molecule has 2 N–H and O–H groups in total. The fourth-order valence-electron chi connectivity index (χ4n) is 2.52. The molecule has 1 aromatic rings. The van der Waals surface area contributed by atoms with Crippen molar-refractivity contribution < 1.29 is 18.0 Å². The summed E-state index contributed by atoms with van der Waals surface area (Å²) in [7, 11) is 0. The van der Waals surface area contributed by atoms with E-state index in [2.05, 4.69) is 10.6 Å². The summed E-state index contributed by atoms with van der Waals surface area (Å²) in [6, 6.07) is 3.67. The van der Waals surface area contributed by atoms with Crippen molar-refractivity contribution in [1.82, 2.24) is 10.6 Å². The van der Waals surface area contributed by atoms with Crippen LogP contribution in [0.2, 0.25) is 5.02 Å². The van der Waals surface area contributed by atoms with Crippen molar-refractivity contribution in [2.75, 3.05) is 13.1 Å². The average molecular weight is 335 g/mol. The van der Waals surface area contributed by atoms with Gasteiger partial charge in [0.25, 0.3) is 0 Å². The first-order valence-corrected chi connectivity index (χ1v) is 7.57. The van der Waals surface area contributed by atoms with E-state index in [4.69, 9.17) is 11.6 Å². The third kappa shape index (κ3) is 4.88. The topological polar surface area (TPSA) is 41.1 Å². The van der Waals surface area contributed by atoms with Crippen LogP contribution in [-0.2, 0) is 17.5 Å². The summed E-state index contributed by atoms with van der Waals surface area (Å²) in [5.74, 6) is 0.215. The maximum Gasteiger partial charge on any atom is 0.417 e. The molecule has 0 atom stereocenters. The monoisotopic (exact) mass is 334 g/mol. The molecule has 1 saturated heterocycles. The maximum atomic E-state index is 12.8. The smallest absolute Gasteiger partial charge is 0.352 e. The van der Waals surface area contributed by atoms with Gasteiger partial charge in [0.05, 0.1) is 10.6 Å². The predicted molar refractivity (Wildman–Crippen MR) is 78.5 cm³/mol. The minimum absolute atomic E-state index is 0.0735. The van der Waals surface area contributed by atoms with Gasteiger partial charge in [-0.2, -0.15) is 13.2 Å². The van der Waals surface area contributed by atoms with Crippen molar-refractivity contribution in [3.8, 4) is 0 Å². The number of piperidine rings is 1. The van der Waals surface area contributed by atoms with Crippen molar-refractivity contribution in [1.29, 1.82) is 0 Å². The number of carbonyl (C=O) groups excluding carboxylic acids is 1. The van der Waals surface area contributed by atoms with Crippen LogP contribution in [0.5, 0.6) is 0 Å². The minimum Gasteiger partial charge on any atom is -0.352 e. The third-order valence-electron chi connectivity index (χ3n) is 3.76. The highest BCUT2D eigenvalue weighted by Crippen LogP contribution is 2.35. The lowest BCUT2D eigenvalue weighted by atomic mass is 9.94. The van der Waals surface area contributed by atoms with Gasteiger partial charge in [0.15, 0.2) is 0 Å². The molecule has 22 heavy (non-hydrogen) atoms. The summed E-state index contributed by atoms with van der Waals surface area (Å²) < 4.78 is 38.3. The highest BCUT2D eigenvalue weighted by molar-refractivity contribution is 6.31. The first-order valence-electron chi connectivity index (χ1n) is 7.19. The number of hydrogen-bond donors (Lipinski definition) is 2. The highest BCUT2D eigenvalue weighted by Gasteiger charge is 2.33. The summed E-state index contributed by atoms with van der Waals surface area (Å²) in [6.45, 7) is 1.89. The van der Waals surface area contributed by atoms with Crippen molar-refractivity contribution in [2.24, 2.45) is 5.92 Å². The van der Waals surface area contributed by atoms with Gasteiger partial charge < -0.3 is 10.6 Å². The summed E-state index contributed by atoms with van der Waals surface area (Å²) in [5.41, 5.74) is -0.491. The molecule has 0 saturated carbocycles. The van der Waals surface area contributed by atoms with Crippen LogP contribution < -0.4 is 10.6 Å². The highest BCUT2D eigenvalue weighted by atomic mass is 35.5. The fourth-order valence-corrected chi connectivity index (χ4v) is 2.75. The molecule has 0 unspecified atom stereocenters. The van der Waals surface area contributed by atoms with Gasteiger partial charge in [-0.1, -0.05) is 17.7 Å². The molecule has 1 fully saturated rings. The molecule has 122 valence electrons. The number of nitrogens with one attached hydrogen (secondary N) is 2. The Kier molecular flexibility index (Phi) is 5.69. The van der Waals surface area contributed by atoms with Crippen LogP contribution in [0, 0.1) is 5.92 Å². The normalized spacial score (nSPS) is 16.5.